The summed E-state index contributed by atoms with van der Waals surface area (Å²) in [6, 6.07) is 3.97. The Morgan fingerprint density at radius 3 is 2.58 bits per heavy atom. The predicted molar refractivity (Wildman–Crippen MR) is 81.6 cm³/mol. The maximum atomic E-state index is 6.21. The van der Waals surface area contributed by atoms with E-state index in [-0.39, 0.29) is 0 Å². The van der Waals surface area contributed by atoms with Gasteiger partial charge in [0.2, 0.25) is 0 Å². The number of quaternary nitrogens is 2. The molecule has 2 N–H and O–H groups in total. The predicted octanol–water partition coefficient (Wildman–Crippen LogP) is 0.203. The first-order valence-corrected chi connectivity index (χ1v) is 7.96. The molecule has 0 aliphatic carbocycles. The van der Waals surface area contributed by atoms with Crippen molar-refractivity contribution in [1.82, 2.24) is 0 Å². The lowest BCUT2D eigenvalue weighted by Gasteiger charge is -2.27. The van der Waals surface area contributed by atoms with Crippen molar-refractivity contribution in [2.45, 2.75) is 6.92 Å². The number of aryl methyl sites for hydroxylation is 1. The van der Waals surface area contributed by atoms with Crippen LogP contribution in [0.25, 0.3) is 0 Å². The zero-order valence-corrected chi connectivity index (χ0v) is 13.9. The molecule has 3 nitrogen and oxygen atoms in total. The first-order chi connectivity index (χ1) is 9.06. The maximum Gasteiger partial charge on any atom is 0.152 e. The third kappa shape index (κ3) is 4.35. The van der Waals surface area contributed by atoms with Crippen LogP contribution in [0.4, 0.5) is 0 Å². The zero-order valence-electron chi connectivity index (χ0n) is 11.6. The van der Waals surface area contributed by atoms with Gasteiger partial charge in [-0.3, -0.25) is 0 Å². The summed E-state index contributed by atoms with van der Waals surface area (Å²) in [6.07, 6.45) is 0. The number of likely N-dealkylation sites (N-methyl/N-ethyl adjacent to an activating group) is 1. The largest absolute Gasteiger partial charge is 0.485 e. The van der Waals surface area contributed by atoms with Gasteiger partial charge in [0, 0.05) is 0 Å². The lowest BCUT2D eigenvalue weighted by Crippen LogP contribution is -3.27. The van der Waals surface area contributed by atoms with Gasteiger partial charge in [-0.2, -0.15) is 0 Å². The molecule has 1 heterocycles. The Kier molecular flexibility index (Phi) is 5.51. The van der Waals surface area contributed by atoms with Gasteiger partial charge in [0.05, 0.1) is 16.5 Å². The highest BCUT2D eigenvalue weighted by Crippen LogP contribution is 2.34. The monoisotopic (exact) mass is 348 g/mol. The highest BCUT2D eigenvalue weighted by Gasteiger charge is 2.19. The van der Waals surface area contributed by atoms with Crippen LogP contribution in [0, 0.1) is 6.92 Å². The van der Waals surface area contributed by atoms with Gasteiger partial charge in [-0.05, 0) is 40.5 Å². The van der Waals surface area contributed by atoms with Crippen molar-refractivity contribution < 1.29 is 14.5 Å². The molecule has 0 atom stereocenters. The van der Waals surface area contributed by atoms with Gasteiger partial charge in [0.1, 0.15) is 39.3 Å². The van der Waals surface area contributed by atoms with Gasteiger partial charge >= 0.3 is 0 Å². The number of hydrogen-bond donors (Lipinski definition) is 2. The molecular weight excluding hydrogens is 328 g/mol. The van der Waals surface area contributed by atoms with Crippen molar-refractivity contribution >= 4 is 27.5 Å². The van der Waals surface area contributed by atoms with Gasteiger partial charge in [-0.1, -0.05) is 11.6 Å². The molecule has 0 saturated carbocycles. The van der Waals surface area contributed by atoms with E-state index in [0.29, 0.717) is 5.02 Å². The minimum atomic E-state index is 0.685. The summed E-state index contributed by atoms with van der Waals surface area (Å²) in [5.74, 6) is 0.770. The van der Waals surface area contributed by atoms with Crippen LogP contribution < -0.4 is 14.5 Å². The fraction of sp³-hybridized carbons (Fsp3) is 0.571. The molecule has 19 heavy (non-hydrogen) atoms. The highest BCUT2D eigenvalue weighted by molar-refractivity contribution is 9.10. The minimum absolute atomic E-state index is 0.685. The second kappa shape index (κ2) is 6.93. The first kappa shape index (κ1) is 15.1. The summed E-state index contributed by atoms with van der Waals surface area (Å²) >= 11 is 9.72. The van der Waals surface area contributed by atoms with E-state index in [9.17, 15) is 0 Å². The molecule has 1 aromatic carbocycles. The lowest BCUT2D eigenvalue weighted by molar-refractivity contribution is -1.00. The van der Waals surface area contributed by atoms with Crippen molar-refractivity contribution in [3.05, 3.63) is 27.2 Å². The number of ether oxygens (including phenoxy) is 1. The third-order valence-corrected chi connectivity index (χ3v) is 4.53. The molecule has 1 fully saturated rings. The van der Waals surface area contributed by atoms with Crippen LogP contribution in [0.1, 0.15) is 5.56 Å². The van der Waals surface area contributed by atoms with Gasteiger partial charge in [0.15, 0.2) is 5.75 Å². The number of hydrogen-bond acceptors (Lipinski definition) is 1. The van der Waals surface area contributed by atoms with Crippen LogP contribution in [-0.4, -0.2) is 46.4 Å². The second-order valence-corrected chi connectivity index (χ2v) is 6.62. The molecule has 0 aromatic heterocycles. The van der Waals surface area contributed by atoms with E-state index in [0.717, 1.165) is 28.9 Å². The van der Waals surface area contributed by atoms with E-state index in [4.69, 9.17) is 16.3 Å². The van der Waals surface area contributed by atoms with E-state index in [2.05, 4.69) is 23.0 Å². The summed E-state index contributed by atoms with van der Waals surface area (Å²) in [4.78, 5) is 3.26. The van der Waals surface area contributed by atoms with Gasteiger partial charge < -0.3 is 14.5 Å². The van der Waals surface area contributed by atoms with Crippen molar-refractivity contribution in [3.8, 4) is 5.75 Å². The van der Waals surface area contributed by atoms with Gasteiger partial charge in [0.25, 0.3) is 0 Å². The molecule has 0 unspecified atom stereocenters. The fourth-order valence-electron chi connectivity index (χ4n) is 2.40. The van der Waals surface area contributed by atoms with Crippen LogP contribution in [0.15, 0.2) is 16.6 Å². The highest BCUT2D eigenvalue weighted by atomic mass is 79.9. The maximum absolute atomic E-state index is 6.21. The standard InChI is InChI=1S/C14H20BrClN2O/c1-11-9-12(15)14(13(16)10-11)19-8-7-18-5-3-17(2)4-6-18/h9-10H,3-8H2,1-2H3/p+2. The summed E-state index contributed by atoms with van der Waals surface area (Å²) in [5, 5.41) is 0.685. The van der Waals surface area contributed by atoms with Crippen molar-refractivity contribution in [2.75, 3.05) is 46.4 Å². The van der Waals surface area contributed by atoms with Crippen LogP contribution in [0.2, 0.25) is 5.02 Å². The topological polar surface area (TPSA) is 18.1 Å². The molecule has 1 aliphatic rings. The molecule has 0 amide bonds. The van der Waals surface area contributed by atoms with E-state index in [1.165, 1.54) is 26.2 Å². The quantitative estimate of drug-likeness (QED) is 0.795. The average molecular weight is 350 g/mol. The number of halogens is 2. The number of nitrogens with one attached hydrogen (secondary N) is 2. The SMILES string of the molecule is Cc1cc(Cl)c(OCC[NH+]2CC[NH+](C)CC2)c(Br)c1. The Hall–Kier alpha value is -0.290. The Morgan fingerprint density at radius 2 is 1.95 bits per heavy atom. The molecule has 1 saturated heterocycles. The van der Waals surface area contributed by atoms with Crippen LogP contribution in [0.5, 0.6) is 5.75 Å². The average Bonchev–Trinajstić information content (AvgIpc) is 2.34. The summed E-state index contributed by atoms with van der Waals surface area (Å²) in [6.45, 7) is 8.77. The molecule has 2 rings (SSSR count). The van der Waals surface area contributed by atoms with Crippen LogP contribution in [-0.2, 0) is 0 Å². The number of piperazine rings is 1. The second-order valence-electron chi connectivity index (χ2n) is 5.36. The molecular formula is C14H22BrClN2O+2. The minimum Gasteiger partial charge on any atom is -0.485 e. The Morgan fingerprint density at radius 1 is 1.26 bits per heavy atom. The molecule has 0 bridgehead atoms. The zero-order chi connectivity index (χ0) is 13.8. The van der Waals surface area contributed by atoms with Crippen LogP contribution in [0.3, 0.4) is 0 Å². The van der Waals surface area contributed by atoms with E-state index < -0.39 is 0 Å². The number of rotatable bonds is 4. The first-order valence-electron chi connectivity index (χ1n) is 6.79. The summed E-state index contributed by atoms with van der Waals surface area (Å²) in [5.41, 5.74) is 1.14. The molecule has 106 valence electrons. The Balaban J connectivity index is 1.83. The van der Waals surface area contributed by atoms with Crippen molar-refractivity contribution in [1.29, 1.82) is 0 Å². The van der Waals surface area contributed by atoms with Crippen LogP contribution >= 0.6 is 27.5 Å². The molecule has 5 heteroatoms. The van der Waals surface area contributed by atoms with Crippen molar-refractivity contribution in [2.24, 2.45) is 0 Å². The third-order valence-electron chi connectivity index (χ3n) is 3.66. The molecule has 0 radical (unpaired) electrons. The van der Waals surface area contributed by atoms with E-state index >= 15 is 0 Å². The Bertz CT molecular complexity index is 410. The molecule has 1 aliphatic heterocycles. The number of benzene rings is 1. The molecule has 0 spiro atoms. The van der Waals surface area contributed by atoms with Crippen molar-refractivity contribution in [3.63, 3.8) is 0 Å². The summed E-state index contributed by atoms with van der Waals surface area (Å²) < 4.78 is 6.79. The molecule has 1 aromatic rings. The van der Waals surface area contributed by atoms with Gasteiger partial charge in [-0.25, -0.2) is 0 Å². The van der Waals surface area contributed by atoms with E-state index in [1.807, 2.05) is 19.1 Å². The fourth-order valence-corrected chi connectivity index (χ4v) is 3.53. The summed E-state index contributed by atoms with van der Waals surface area (Å²) in [7, 11) is 2.26. The van der Waals surface area contributed by atoms with Gasteiger partial charge in [-0.15, -0.1) is 0 Å². The van der Waals surface area contributed by atoms with E-state index in [1.54, 1.807) is 9.80 Å². The Labute approximate surface area is 128 Å². The smallest absolute Gasteiger partial charge is 0.152 e. The lowest BCUT2D eigenvalue weighted by atomic mass is 10.2. The normalized spacial score (nSPS) is 23.4.